The third-order valence-corrected chi connectivity index (χ3v) is 4.56. The minimum atomic E-state index is -0.0882. The second-order valence-electron chi connectivity index (χ2n) is 5.95. The minimum Gasteiger partial charge on any atom is -0.493 e. The van der Waals surface area contributed by atoms with E-state index in [1.54, 1.807) is 7.11 Å². The number of carbonyl (C=O) groups is 1. The molecule has 1 aliphatic rings. The summed E-state index contributed by atoms with van der Waals surface area (Å²) in [6, 6.07) is 6.02. The molecule has 6 heteroatoms. The predicted octanol–water partition coefficient (Wildman–Crippen LogP) is 3.09. The molecular formula is C18H26ClNO4. The van der Waals surface area contributed by atoms with Crippen LogP contribution < -0.4 is 9.47 Å². The molecule has 1 saturated heterocycles. The van der Waals surface area contributed by atoms with E-state index in [1.807, 2.05) is 12.1 Å². The number of nitrogens with zero attached hydrogens (tertiary/aromatic N) is 1. The van der Waals surface area contributed by atoms with Gasteiger partial charge in [-0.05, 0) is 50.0 Å². The van der Waals surface area contributed by atoms with Crippen molar-refractivity contribution >= 4 is 17.6 Å². The van der Waals surface area contributed by atoms with Gasteiger partial charge < -0.3 is 14.2 Å². The number of methoxy groups -OCH3 is 2. The molecule has 24 heavy (non-hydrogen) atoms. The normalized spacial score (nSPS) is 16.0. The fraction of sp³-hybridized carbons (Fsp3) is 0.611. The molecule has 0 aliphatic carbocycles. The minimum absolute atomic E-state index is 0.0403. The molecule has 1 heterocycles. The Labute approximate surface area is 148 Å². The summed E-state index contributed by atoms with van der Waals surface area (Å²) in [7, 11) is 3.10. The van der Waals surface area contributed by atoms with E-state index in [9.17, 15) is 4.79 Å². The largest absolute Gasteiger partial charge is 0.493 e. The molecule has 0 spiro atoms. The predicted molar refractivity (Wildman–Crippen MR) is 93.8 cm³/mol. The number of piperidine rings is 1. The van der Waals surface area contributed by atoms with Gasteiger partial charge in [-0.25, -0.2) is 0 Å². The van der Waals surface area contributed by atoms with Gasteiger partial charge in [0.05, 0.1) is 26.7 Å². The van der Waals surface area contributed by atoms with Crippen molar-refractivity contribution in [1.82, 2.24) is 4.90 Å². The average molecular weight is 356 g/mol. The third-order valence-electron chi connectivity index (χ3n) is 4.29. The van der Waals surface area contributed by atoms with E-state index in [0.717, 1.165) is 50.4 Å². The Morgan fingerprint density at radius 1 is 1.25 bits per heavy atom. The summed E-state index contributed by atoms with van der Waals surface area (Å²) in [4.78, 5) is 13.9. The van der Waals surface area contributed by atoms with Crippen molar-refractivity contribution in [2.75, 3.05) is 39.8 Å². The molecule has 0 atom stereocenters. The smallest absolute Gasteiger partial charge is 0.308 e. The maximum Gasteiger partial charge on any atom is 0.308 e. The molecule has 1 aliphatic heterocycles. The maximum absolute atomic E-state index is 11.6. The quantitative estimate of drug-likeness (QED) is 0.407. The van der Waals surface area contributed by atoms with Crippen molar-refractivity contribution in [1.29, 1.82) is 0 Å². The number of hydrogen-bond acceptors (Lipinski definition) is 5. The highest BCUT2D eigenvalue weighted by atomic mass is 35.5. The maximum atomic E-state index is 11.6. The summed E-state index contributed by atoms with van der Waals surface area (Å²) in [6.45, 7) is 3.22. The molecule has 1 fully saturated rings. The third kappa shape index (κ3) is 5.28. The van der Waals surface area contributed by atoms with Crippen LogP contribution in [0.4, 0.5) is 0 Å². The second kappa shape index (κ2) is 9.74. The summed E-state index contributed by atoms with van der Waals surface area (Å²) < 4.78 is 16.0. The van der Waals surface area contributed by atoms with E-state index in [2.05, 4.69) is 11.0 Å². The summed E-state index contributed by atoms with van der Waals surface area (Å²) >= 11 is 5.67. The first kappa shape index (κ1) is 18.9. The molecule has 0 radical (unpaired) electrons. The van der Waals surface area contributed by atoms with Gasteiger partial charge in [0.25, 0.3) is 0 Å². The highest BCUT2D eigenvalue weighted by Crippen LogP contribution is 2.29. The Balaban J connectivity index is 1.90. The molecule has 1 aromatic rings. The molecule has 0 unspecified atom stereocenters. The zero-order chi connectivity index (χ0) is 17.4. The van der Waals surface area contributed by atoms with Crippen LogP contribution in [0.25, 0.3) is 0 Å². The van der Waals surface area contributed by atoms with E-state index < -0.39 is 0 Å². The Bertz CT molecular complexity index is 530. The fourth-order valence-corrected chi connectivity index (χ4v) is 3.03. The van der Waals surface area contributed by atoms with Gasteiger partial charge in [0, 0.05) is 12.4 Å². The number of esters is 1. The molecule has 1 aromatic carbocycles. The summed E-state index contributed by atoms with van der Waals surface area (Å²) in [6.07, 6.45) is 2.51. The molecule has 0 saturated carbocycles. The van der Waals surface area contributed by atoms with Gasteiger partial charge in [0.15, 0.2) is 11.5 Å². The number of benzene rings is 1. The van der Waals surface area contributed by atoms with Crippen LogP contribution in [0.15, 0.2) is 18.2 Å². The number of rotatable bonds is 8. The van der Waals surface area contributed by atoms with E-state index >= 15 is 0 Å². The summed E-state index contributed by atoms with van der Waals surface area (Å²) in [5, 5.41) is 0. The highest BCUT2D eigenvalue weighted by molar-refractivity contribution is 6.17. The van der Waals surface area contributed by atoms with Gasteiger partial charge in [0.2, 0.25) is 0 Å². The molecule has 0 amide bonds. The lowest BCUT2D eigenvalue weighted by atomic mass is 9.96. The number of ether oxygens (including phenoxy) is 3. The van der Waals surface area contributed by atoms with Crippen molar-refractivity contribution in [3.8, 4) is 11.5 Å². The molecule has 5 nitrogen and oxygen atoms in total. The van der Waals surface area contributed by atoms with Crippen molar-refractivity contribution < 1.29 is 19.0 Å². The van der Waals surface area contributed by atoms with Crippen molar-refractivity contribution in [2.45, 2.75) is 25.8 Å². The van der Waals surface area contributed by atoms with Crippen LogP contribution in [0.1, 0.15) is 24.8 Å². The van der Waals surface area contributed by atoms with Crippen LogP contribution in [0.3, 0.4) is 0 Å². The fourth-order valence-electron chi connectivity index (χ4n) is 2.92. The van der Waals surface area contributed by atoms with E-state index in [0.29, 0.717) is 12.5 Å². The Hall–Kier alpha value is -1.46. The molecule has 134 valence electrons. The first-order valence-electron chi connectivity index (χ1n) is 8.33. The van der Waals surface area contributed by atoms with Gasteiger partial charge in [-0.3, -0.25) is 9.69 Å². The van der Waals surface area contributed by atoms with Crippen LogP contribution in [-0.2, 0) is 16.1 Å². The molecule has 0 bridgehead atoms. The van der Waals surface area contributed by atoms with Gasteiger partial charge in [-0.2, -0.15) is 0 Å². The second-order valence-corrected chi connectivity index (χ2v) is 6.33. The number of halogens is 1. The van der Waals surface area contributed by atoms with Crippen molar-refractivity contribution in [3.63, 3.8) is 0 Å². The monoisotopic (exact) mass is 355 g/mol. The van der Waals surface area contributed by atoms with Crippen LogP contribution in [0.2, 0.25) is 0 Å². The molecule has 0 aromatic heterocycles. The van der Waals surface area contributed by atoms with Gasteiger partial charge >= 0.3 is 5.97 Å². The average Bonchev–Trinajstić information content (AvgIpc) is 2.62. The lowest BCUT2D eigenvalue weighted by molar-refractivity contribution is -0.147. The Kier molecular flexibility index (Phi) is 7.66. The van der Waals surface area contributed by atoms with E-state index in [-0.39, 0.29) is 11.9 Å². The van der Waals surface area contributed by atoms with E-state index in [4.69, 9.17) is 25.8 Å². The Morgan fingerprint density at radius 2 is 2.00 bits per heavy atom. The highest BCUT2D eigenvalue weighted by Gasteiger charge is 2.25. The SMILES string of the molecule is COC(=O)C1CCN(Cc2ccc(OCCCCl)c(OC)c2)CC1. The van der Waals surface area contributed by atoms with Gasteiger partial charge in [-0.1, -0.05) is 6.07 Å². The molecule has 0 N–H and O–H groups in total. The van der Waals surface area contributed by atoms with Crippen molar-refractivity contribution in [2.24, 2.45) is 5.92 Å². The number of likely N-dealkylation sites (tertiary alicyclic amines) is 1. The van der Waals surface area contributed by atoms with Crippen LogP contribution >= 0.6 is 11.6 Å². The van der Waals surface area contributed by atoms with Gasteiger partial charge in [-0.15, -0.1) is 11.6 Å². The molecule has 2 rings (SSSR count). The van der Waals surface area contributed by atoms with E-state index in [1.165, 1.54) is 12.7 Å². The number of carbonyl (C=O) groups excluding carboxylic acids is 1. The summed E-state index contributed by atoms with van der Waals surface area (Å²) in [5.74, 6) is 2.03. The Morgan fingerprint density at radius 3 is 2.62 bits per heavy atom. The van der Waals surface area contributed by atoms with Crippen LogP contribution in [0.5, 0.6) is 11.5 Å². The van der Waals surface area contributed by atoms with Crippen LogP contribution in [0, 0.1) is 5.92 Å². The van der Waals surface area contributed by atoms with Gasteiger partial charge in [0.1, 0.15) is 0 Å². The number of alkyl halides is 1. The molecular weight excluding hydrogens is 330 g/mol. The zero-order valence-electron chi connectivity index (χ0n) is 14.4. The van der Waals surface area contributed by atoms with Crippen molar-refractivity contribution in [3.05, 3.63) is 23.8 Å². The standard InChI is InChI=1S/C18H26ClNO4/c1-22-17-12-14(4-5-16(17)24-11-3-8-19)13-20-9-6-15(7-10-20)18(21)23-2/h4-5,12,15H,3,6-11,13H2,1-2H3. The first-order chi connectivity index (χ1) is 11.7. The lowest BCUT2D eigenvalue weighted by Gasteiger charge is -2.30. The topological polar surface area (TPSA) is 48.0 Å². The first-order valence-corrected chi connectivity index (χ1v) is 8.87. The van der Waals surface area contributed by atoms with Crippen LogP contribution in [-0.4, -0.2) is 50.7 Å². The number of hydrogen-bond donors (Lipinski definition) is 0. The zero-order valence-corrected chi connectivity index (χ0v) is 15.2. The lowest BCUT2D eigenvalue weighted by Crippen LogP contribution is -2.36. The summed E-state index contributed by atoms with van der Waals surface area (Å²) in [5.41, 5.74) is 1.17.